The number of hydrogen-bond donors (Lipinski definition) is 1. The molecule has 0 spiro atoms. The molecule has 6 nitrogen and oxygen atoms in total. The van der Waals surface area contributed by atoms with Crippen molar-refractivity contribution in [2.24, 2.45) is 5.73 Å². The molecule has 23 heavy (non-hydrogen) atoms. The van der Waals surface area contributed by atoms with Crippen molar-refractivity contribution in [2.45, 2.75) is 12.1 Å². The van der Waals surface area contributed by atoms with Crippen LogP contribution in [0.4, 0.5) is 5.69 Å². The van der Waals surface area contributed by atoms with Crippen LogP contribution in [0, 0.1) is 0 Å². The maximum atomic E-state index is 12.2. The molecule has 1 amide bonds. The summed E-state index contributed by atoms with van der Waals surface area (Å²) in [6.07, 6.45) is 0. The predicted molar refractivity (Wildman–Crippen MR) is 83.8 cm³/mol. The highest BCUT2D eigenvalue weighted by Crippen LogP contribution is 2.42. The number of hydrogen-bond acceptors (Lipinski definition) is 5. The van der Waals surface area contributed by atoms with Gasteiger partial charge in [-0.25, -0.2) is 0 Å². The van der Waals surface area contributed by atoms with Gasteiger partial charge in [-0.05, 0) is 42.0 Å². The van der Waals surface area contributed by atoms with Gasteiger partial charge in [0.1, 0.15) is 11.8 Å². The molecule has 0 aliphatic carbocycles. The maximum Gasteiger partial charge on any atom is 0.247 e. The van der Waals surface area contributed by atoms with Gasteiger partial charge in [0.15, 0.2) is 11.5 Å². The Morgan fingerprint density at radius 1 is 1.13 bits per heavy atom. The van der Waals surface area contributed by atoms with Crippen molar-refractivity contribution in [1.82, 2.24) is 0 Å². The number of fused-ring (bicyclic) bond motifs is 1. The minimum Gasteiger partial charge on any atom is -0.497 e. The zero-order valence-corrected chi connectivity index (χ0v) is 12.6. The molecular weight excluding hydrogens is 296 g/mol. The molecule has 2 N–H and O–H groups in total. The fraction of sp³-hybridized carbons (Fsp3) is 0.235. The van der Waals surface area contributed by atoms with Gasteiger partial charge in [-0.15, -0.1) is 0 Å². The summed E-state index contributed by atoms with van der Waals surface area (Å²) < 4.78 is 15.9. The van der Waals surface area contributed by atoms with Gasteiger partial charge in [-0.2, -0.15) is 0 Å². The monoisotopic (exact) mass is 312 g/mol. The van der Waals surface area contributed by atoms with Gasteiger partial charge in [0.2, 0.25) is 12.7 Å². The van der Waals surface area contributed by atoms with Gasteiger partial charge in [-0.3, -0.25) is 4.79 Å². The van der Waals surface area contributed by atoms with Crippen molar-refractivity contribution in [2.75, 3.05) is 18.8 Å². The van der Waals surface area contributed by atoms with E-state index in [0.717, 1.165) is 17.0 Å². The number of nitrogens with zero attached hydrogens (tertiary/aromatic N) is 1. The molecule has 2 atom stereocenters. The molecule has 2 aromatic rings. The lowest BCUT2D eigenvalue weighted by atomic mass is 9.88. The van der Waals surface area contributed by atoms with Crippen molar-refractivity contribution in [3.05, 3.63) is 48.0 Å². The molecule has 2 heterocycles. The molecule has 0 unspecified atom stereocenters. The highest BCUT2D eigenvalue weighted by atomic mass is 16.7. The average molecular weight is 312 g/mol. The minimum atomic E-state index is -0.558. The Balaban J connectivity index is 1.67. The van der Waals surface area contributed by atoms with E-state index in [1.54, 1.807) is 12.0 Å². The van der Waals surface area contributed by atoms with Crippen molar-refractivity contribution in [3.63, 3.8) is 0 Å². The van der Waals surface area contributed by atoms with Crippen LogP contribution in [-0.4, -0.2) is 25.9 Å². The van der Waals surface area contributed by atoms with Crippen LogP contribution in [0.15, 0.2) is 42.5 Å². The topological polar surface area (TPSA) is 74.0 Å². The van der Waals surface area contributed by atoms with E-state index in [2.05, 4.69) is 0 Å². The van der Waals surface area contributed by atoms with E-state index in [4.69, 9.17) is 19.9 Å². The van der Waals surface area contributed by atoms with Gasteiger partial charge in [-0.1, -0.05) is 6.07 Å². The zero-order chi connectivity index (χ0) is 16.0. The minimum absolute atomic E-state index is 0.0992. The molecule has 2 aromatic carbocycles. The Hall–Kier alpha value is -2.73. The molecule has 1 saturated heterocycles. The van der Waals surface area contributed by atoms with E-state index in [1.807, 2.05) is 42.5 Å². The number of anilines is 1. The second-order valence-electron chi connectivity index (χ2n) is 5.49. The molecule has 118 valence electrons. The van der Waals surface area contributed by atoms with Gasteiger partial charge in [0.25, 0.3) is 0 Å². The summed E-state index contributed by atoms with van der Waals surface area (Å²) in [6, 6.07) is 12.2. The molecule has 0 aromatic heterocycles. The quantitative estimate of drug-likeness (QED) is 0.875. The normalized spacial score (nSPS) is 22.0. The fourth-order valence-electron chi connectivity index (χ4n) is 3.00. The van der Waals surface area contributed by atoms with Crippen molar-refractivity contribution in [3.8, 4) is 17.2 Å². The molecule has 2 aliphatic heterocycles. The number of carbonyl (C=O) groups excluding carboxylic acids is 1. The van der Waals surface area contributed by atoms with Crippen LogP contribution in [0.2, 0.25) is 0 Å². The zero-order valence-electron chi connectivity index (χ0n) is 12.6. The first-order valence-electron chi connectivity index (χ1n) is 7.31. The van der Waals surface area contributed by atoms with E-state index in [0.29, 0.717) is 11.5 Å². The van der Waals surface area contributed by atoms with Gasteiger partial charge >= 0.3 is 0 Å². The predicted octanol–water partition coefficient (Wildman–Crippen LogP) is 1.84. The molecule has 6 heteroatoms. The summed E-state index contributed by atoms with van der Waals surface area (Å²) in [5.74, 6) is 2.04. The van der Waals surface area contributed by atoms with E-state index >= 15 is 0 Å². The lowest BCUT2D eigenvalue weighted by Gasteiger charge is -2.45. The van der Waals surface area contributed by atoms with Gasteiger partial charge < -0.3 is 24.8 Å². The standard InChI is InChI=1S/C17H16N2O4/c1-21-12-5-3-11(4-6-12)19-16(15(18)17(19)20)10-2-7-13-14(8-10)23-9-22-13/h2-8,15-16H,9,18H2,1H3/t15-,16-/m0/s1. The molecule has 4 rings (SSSR count). The van der Waals surface area contributed by atoms with E-state index < -0.39 is 6.04 Å². The third-order valence-electron chi connectivity index (χ3n) is 4.23. The number of nitrogens with two attached hydrogens (primary N) is 1. The van der Waals surface area contributed by atoms with Crippen LogP contribution in [0.5, 0.6) is 17.2 Å². The largest absolute Gasteiger partial charge is 0.497 e. The van der Waals surface area contributed by atoms with E-state index in [1.165, 1.54) is 0 Å². The molecule has 0 radical (unpaired) electrons. The highest BCUT2D eigenvalue weighted by Gasteiger charge is 2.47. The summed E-state index contributed by atoms with van der Waals surface area (Å²) >= 11 is 0. The molecule has 0 saturated carbocycles. The third kappa shape index (κ3) is 2.10. The Labute approximate surface area is 133 Å². The van der Waals surface area contributed by atoms with E-state index in [-0.39, 0.29) is 18.7 Å². The number of carbonyl (C=O) groups is 1. The number of amides is 1. The van der Waals surface area contributed by atoms with Crippen LogP contribution in [0.3, 0.4) is 0 Å². The smallest absolute Gasteiger partial charge is 0.247 e. The first kappa shape index (κ1) is 13.9. The summed E-state index contributed by atoms with van der Waals surface area (Å²) in [5, 5.41) is 0. The van der Waals surface area contributed by atoms with E-state index in [9.17, 15) is 4.79 Å². The lowest BCUT2D eigenvalue weighted by Crippen LogP contribution is -2.63. The van der Waals surface area contributed by atoms with Crippen LogP contribution < -0.4 is 24.8 Å². The van der Waals surface area contributed by atoms with Crippen LogP contribution in [0.25, 0.3) is 0 Å². The summed E-state index contributed by atoms with van der Waals surface area (Å²) in [7, 11) is 1.61. The molecule has 2 aliphatic rings. The number of β-lactam (4-membered cyclic amide) rings is 1. The summed E-state index contributed by atoms with van der Waals surface area (Å²) in [5.41, 5.74) is 7.76. The Bertz CT molecular complexity index is 760. The number of benzene rings is 2. The van der Waals surface area contributed by atoms with Crippen LogP contribution in [-0.2, 0) is 4.79 Å². The van der Waals surface area contributed by atoms with Crippen LogP contribution in [0.1, 0.15) is 11.6 Å². The fourth-order valence-corrected chi connectivity index (χ4v) is 3.00. The SMILES string of the molecule is COc1ccc(N2C(=O)[C@@H](N)[C@@H]2c2ccc3c(c2)OCO3)cc1. The number of ether oxygens (including phenoxy) is 3. The highest BCUT2D eigenvalue weighted by molar-refractivity contribution is 6.05. The second kappa shape index (κ2) is 5.17. The first-order valence-corrected chi connectivity index (χ1v) is 7.31. The molecular formula is C17H16N2O4. The third-order valence-corrected chi connectivity index (χ3v) is 4.23. The summed E-state index contributed by atoms with van der Waals surface area (Å²) in [6.45, 7) is 0.219. The number of methoxy groups -OCH3 is 1. The number of rotatable bonds is 3. The molecule has 1 fully saturated rings. The van der Waals surface area contributed by atoms with Crippen molar-refractivity contribution < 1.29 is 19.0 Å². The van der Waals surface area contributed by atoms with Crippen LogP contribution >= 0.6 is 0 Å². The Kier molecular flexibility index (Phi) is 3.12. The van der Waals surface area contributed by atoms with Crippen molar-refractivity contribution >= 4 is 11.6 Å². The second-order valence-corrected chi connectivity index (χ2v) is 5.49. The average Bonchev–Trinajstić information content (AvgIpc) is 3.06. The van der Waals surface area contributed by atoms with Gasteiger partial charge in [0.05, 0.1) is 13.2 Å². The Morgan fingerprint density at radius 2 is 1.87 bits per heavy atom. The lowest BCUT2D eigenvalue weighted by molar-refractivity contribution is -0.126. The maximum absolute atomic E-state index is 12.2. The Morgan fingerprint density at radius 3 is 2.61 bits per heavy atom. The first-order chi connectivity index (χ1) is 11.2. The van der Waals surface area contributed by atoms with Crippen molar-refractivity contribution in [1.29, 1.82) is 0 Å². The van der Waals surface area contributed by atoms with Gasteiger partial charge in [0, 0.05) is 5.69 Å². The summed E-state index contributed by atoms with van der Waals surface area (Å²) in [4.78, 5) is 13.9. The molecule has 0 bridgehead atoms.